The van der Waals surface area contributed by atoms with Gasteiger partial charge in [0.25, 0.3) is 0 Å². The lowest BCUT2D eigenvalue weighted by molar-refractivity contribution is -0.124. The number of carbonyl (C=O) groups is 1. The number of hydrogen-bond donors (Lipinski definition) is 4. The molecular formula is C25H23F3N6O2. The SMILES string of the molecule is C=CC(=O)Nc1cccc(Oc2ncnc3[nH]c(-c4ccc(NCCNCC(F)(F)F)cc4)cc23)c1. The van der Waals surface area contributed by atoms with Crippen molar-refractivity contribution in [1.29, 1.82) is 0 Å². The molecule has 8 nitrogen and oxygen atoms in total. The Morgan fingerprint density at radius 3 is 2.61 bits per heavy atom. The van der Waals surface area contributed by atoms with Crippen molar-refractivity contribution in [3.63, 3.8) is 0 Å². The molecule has 1 amide bonds. The number of benzene rings is 2. The van der Waals surface area contributed by atoms with Crippen LogP contribution in [-0.2, 0) is 4.79 Å². The third-order valence-electron chi connectivity index (χ3n) is 5.04. The van der Waals surface area contributed by atoms with Crippen molar-refractivity contribution >= 4 is 28.3 Å². The first-order valence-corrected chi connectivity index (χ1v) is 11.0. The number of nitrogens with one attached hydrogen (secondary N) is 4. The first-order valence-electron chi connectivity index (χ1n) is 11.0. The maximum Gasteiger partial charge on any atom is 0.401 e. The molecule has 0 aliphatic carbocycles. The highest BCUT2D eigenvalue weighted by atomic mass is 19.4. The lowest BCUT2D eigenvalue weighted by atomic mass is 10.1. The number of amides is 1. The van der Waals surface area contributed by atoms with Crippen molar-refractivity contribution in [3.8, 4) is 22.9 Å². The van der Waals surface area contributed by atoms with Crippen molar-refractivity contribution in [2.75, 3.05) is 30.3 Å². The number of rotatable bonds is 10. The molecule has 11 heteroatoms. The molecule has 0 bridgehead atoms. The summed E-state index contributed by atoms with van der Waals surface area (Å²) >= 11 is 0. The Labute approximate surface area is 204 Å². The second-order valence-electron chi connectivity index (χ2n) is 7.74. The normalized spacial score (nSPS) is 11.3. The van der Waals surface area contributed by atoms with Gasteiger partial charge in [0.2, 0.25) is 11.8 Å². The molecule has 0 atom stereocenters. The van der Waals surface area contributed by atoms with E-state index in [1.54, 1.807) is 24.3 Å². The molecule has 2 heterocycles. The number of aromatic nitrogens is 3. The van der Waals surface area contributed by atoms with Gasteiger partial charge in [-0.2, -0.15) is 13.2 Å². The van der Waals surface area contributed by atoms with Gasteiger partial charge in [-0.15, -0.1) is 0 Å². The minimum Gasteiger partial charge on any atom is -0.438 e. The highest BCUT2D eigenvalue weighted by molar-refractivity contribution is 5.99. The third-order valence-corrected chi connectivity index (χ3v) is 5.04. The Bertz CT molecular complexity index is 1350. The van der Waals surface area contributed by atoms with Gasteiger partial charge >= 0.3 is 6.18 Å². The average Bonchev–Trinajstić information content (AvgIpc) is 3.29. The van der Waals surface area contributed by atoms with Crippen LogP contribution in [0.5, 0.6) is 11.6 Å². The Hall–Kier alpha value is -4.38. The summed E-state index contributed by atoms with van der Waals surface area (Å²) in [5.41, 5.74) is 3.61. The molecule has 0 saturated carbocycles. The number of halogens is 3. The number of alkyl halides is 3. The van der Waals surface area contributed by atoms with E-state index in [0.29, 0.717) is 34.9 Å². The van der Waals surface area contributed by atoms with Crippen molar-refractivity contribution in [1.82, 2.24) is 20.3 Å². The molecule has 2 aromatic carbocycles. The topological polar surface area (TPSA) is 104 Å². The van der Waals surface area contributed by atoms with Gasteiger partial charge in [0, 0.05) is 36.2 Å². The summed E-state index contributed by atoms with van der Waals surface area (Å²) in [4.78, 5) is 23.3. The number of nitrogens with zero attached hydrogens (tertiary/aromatic N) is 2. The number of fused-ring (bicyclic) bond motifs is 1. The summed E-state index contributed by atoms with van der Waals surface area (Å²) in [6.07, 6.45) is -1.65. The molecular weight excluding hydrogens is 473 g/mol. The van der Waals surface area contributed by atoms with Crippen LogP contribution in [0, 0.1) is 0 Å². The Morgan fingerprint density at radius 2 is 1.86 bits per heavy atom. The van der Waals surface area contributed by atoms with Gasteiger partial charge in [-0.25, -0.2) is 9.97 Å². The van der Waals surface area contributed by atoms with E-state index in [4.69, 9.17) is 4.74 Å². The van der Waals surface area contributed by atoms with Crippen LogP contribution in [0.2, 0.25) is 0 Å². The van der Waals surface area contributed by atoms with E-state index in [9.17, 15) is 18.0 Å². The predicted molar refractivity (Wildman–Crippen MR) is 132 cm³/mol. The number of hydrogen-bond acceptors (Lipinski definition) is 6. The molecule has 0 unspecified atom stereocenters. The lowest BCUT2D eigenvalue weighted by Gasteiger charge is -2.10. The second kappa shape index (κ2) is 10.9. The highest BCUT2D eigenvalue weighted by Gasteiger charge is 2.25. The van der Waals surface area contributed by atoms with Crippen LogP contribution in [0.4, 0.5) is 24.5 Å². The first kappa shape index (κ1) is 24.7. The number of anilines is 2. The fourth-order valence-electron chi connectivity index (χ4n) is 3.39. The van der Waals surface area contributed by atoms with E-state index >= 15 is 0 Å². The van der Waals surface area contributed by atoms with Crippen molar-refractivity contribution in [3.05, 3.63) is 73.6 Å². The van der Waals surface area contributed by atoms with Gasteiger partial charge in [-0.05, 0) is 42.0 Å². The molecule has 0 aliphatic rings. The van der Waals surface area contributed by atoms with Gasteiger partial charge in [0.15, 0.2) is 0 Å². The van der Waals surface area contributed by atoms with Gasteiger partial charge in [0.05, 0.1) is 11.9 Å². The molecule has 0 fully saturated rings. The zero-order chi connectivity index (χ0) is 25.5. The van der Waals surface area contributed by atoms with Gasteiger partial charge < -0.3 is 25.7 Å². The Kier molecular flexibility index (Phi) is 7.50. The van der Waals surface area contributed by atoms with Crippen LogP contribution in [0.3, 0.4) is 0 Å². The van der Waals surface area contributed by atoms with Crippen LogP contribution < -0.4 is 20.7 Å². The largest absolute Gasteiger partial charge is 0.438 e. The van der Waals surface area contributed by atoms with Gasteiger partial charge in [-0.3, -0.25) is 4.79 Å². The molecule has 36 heavy (non-hydrogen) atoms. The molecule has 0 aliphatic heterocycles. The molecule has 0 saturated heterocycles. The summed E-state index contributed by atoms with van der Waals surface area (Å²) in [5, 5.41) is 8.78. The molecule has 0 radical (unpaired) electrons. The zero-order valence-corrected chi connectivity index (χ0v) is 19.0. The maximum absolute atomic E-state index is 12.2. The minimum atomic E-state index is -4.22. The van der Waals surface area contributed by atoms with E-state index in [-0.39, 0.29) is 12.5 Å². The van der Waals surface area contributed by atoms with E-state index in [2.05, 4.69) is 37.5 Å². The fourth-order valence-corrected chi connectivity index (χ4v) is 3.39. The third kappa shape index (κ3) is 6.60. The molecule has 0 spiro atoms. The number of H-pyrrole nitrogens is 1. The second-order valence-corrected chi connectivity index (χ2v) is 7.74. The van der Waals surface area contributed by atoms with E-state index in [1.807, 2.05) is 30.3 Å². The molecule has 4 rings (SSSR count). The quantitative estimate of drug-likeness (QED) is 0.180. The molecule has 2 aromatic heterocycles. The summed E-state index contributed by atoms with van der Waals surface area (Å²) in [6.45, 7) is 2.97. The maximum atomic E-state index is 12.2. The molecule has 4 aromatic rings. The zero-order valence-electron chi connectivity index (χ0n) is 19.0. The van der Waals surface area contributed by atoms with E-state index in [1.165, 1.54) is 12.4 Å². The predicted octanol–water partition coefficient (Wildman–Crippen LogP) is 5.11. The Morgan fingerprint density at radius 1 is 1.06 bits per heavy atom. The van der Waals surface area contributed by atoms with Crippen molar-refractivity contribution < 1.29 is 22.7 Å². The minimum absolute atomic E-state index is 0.189. The van der Waals surface area contributed by atoms with Crippen LogP contribution in [0.15, 0.2) is 73.6 Å². The monoisotopic (exact) mass is 496 g/mol. The van der Waals surface area contributed by atoms with E-state index in [0.717, 1.165) is 16.9 Å². The Balaban J connectivity index is 1.44. The van der Waals surface area contributed by atoms with Crippen molar-refractivity contribution in [2.24, 2.45) is 0 Å². The highest BCUT2D eigenvalue weighted by Crippen LogP contribution is 2.31. The van der Waals surface area contributed by atoms with Crippen LogP contribution in [0.25, 0.3) is 22.3 Å². The average molecular weight is 496 g/mol. The fraction of sp³-hybridized carbons (Fsp3) is 0.160. The molecule has 4 N–H and O–H groups in total. The standard InChI is InChI=1S/C25H23F3N6O2/c1-2-22(35)33-18-4-3-5-19(12-18)36-24-20-13-21(34-23(20)31-15-32-24)16-6-8-17(9-7-16)30-11-10-29-14-25(26,27)28/h2-9,12-13,15,29-30H,1,10-11,14H2,(H,33,35)(H,31,32,34). The lowest BCUT2D eigenvalue weighted by Crippen LogP contribution is -2.32. The number of carbonyl (C=O) groups excluding carboxylic acids is 1. The number of ether oxygens (including phenoxy) is 1. The molecule has 186 valence electrons. The van der Waals surface area contributed by atoms with E-state index < -0.39 is 12.7 Å². The first-order chi connectivity index (χ1) is 17.3. The van der Waals surface area contributed by atoms with Crippen molar-refractivity contribution in [2.45, 2.75) is 6.18 Å². The summed E-state index contributed by atoms with van der Waals surface area (Å²) in [5.74, 6) is 0.505. The van der Waals surface area contributed by atoms with Crippen LogP contribution >= 0.6 is 0 Å². The smallest absolute Gasteiger partial charge is 0.401 e. The summed E-state index contributed by atoms with van der Waals surface area (Å²) in [6, 6.07) is 16.2. The number of aromatic amines is 1. The van der Waals surface area contributed by atoms with Gasteiger partial charge in [-0.1, -0.05) is 24.8 Å². The van der Waals surface area contributed by atoms with Crippen LogP contribution in [0.1, 0.15) is 0 Å². The van der Waals surface area contributed by atoms with Gasteiger partial charge in [0.1, 0.15) is 17.7 Å². The van der Waals surface area contributed by atoms with Crippen LogP contribution in [-0.4, -0.2) is 46.7 Å². The summed E-state index contributed by atoms with van der Waals surface area (Å²) < 4.78 is 42.5. The summed E-state index contributed by atoms with van der Waals surface area (Å²) in [7, 11) is 0.